The first kappa shape index (κ1) is 12.4. The van der Waals surface area contributed by atoms with Gasteiger partial charge in [-0.3, -0.25) is 4.68 Å². The summed E-state index contributed by atoms with van der Waals surface area (Å²) in [4.78, 5) is 4.82. The Morgan fingerprint density at radius 1 is 1.29 bits per heavy atom. The molecule has 3 aromatic rings. The van der Waals surface area contributed by atoms with Gasteiger partial charge >= 0.3 is 0 Å². The molecule has 1 aromatic carbocycles. The fraction of sp³-hybridized carbons (Fsp3) is 0.375. The van der Waals surface area contributed by atoms with E-state index < -0.39 is 0 Å². The molecule has 2 aromatic heterocycles. The third kappa shape index (κ3) is 2.18. The third-order valence-electron chi connectivity index (χ3n) is 4.26. The highest BCUT2D eigenvalue weighted by atomic mass is 15.3. The van der Waals surface area contributed by atoms with Crippen LogP contribution >= 0.6 is 0 Å². The number of hydrogen-bond donors (Lipinski definition) is 1. The second-order valence-corrected chi connectivity index (χ2v) is 5.84. The number of benzene rings is 1. The third-order valence-corrected chi connectivity index (χ3v) is 4.26. The topological polar surface area (TPSA) is 61.7 Å². The number of nitrogen functional groups attached to an aromatic ring is 1. The normalized spacial score (nSPS) is 14.9. The maximum absolute atomic E-state index is 5.89. The summed E-state index contributed by atoms with van der Waals surface area (Å²) in [5.41, 5.74) is 10.1. The molecule has 0 aliphatic heterocycles. The van der Waals surface area contributed by atoms with Crippen LogP contribution in [0.5, 0.6) is 0 Å². The zero-order valence-electron chi connectivity index (χ0n) is 12.2. The summed E-state index contributed by atoms with van der Waals surface area (Å²) < 4.78 is 4.30. The van der Waals surface area contributed by atoms with E-state index in [0.29, 0.717) is 5.92 Å². The number of nitrogens with zero attached hydrogens (tertiary/aromatic N) is 4. The van der Waals surface area contributed by atoms with E-state index >= 15 is 0 Å². The number of anilines is 1. The number of aryl methyl sites for hydroxylation is 3. The molecular formula is C16H19N5. The van der Waals surface area contributed by atoms with Crippen molar-refractivity contribution in [3.63, 3.8) is 0 Å². The first-order chi connectivity index (χ1) is 10.2. The van der Waals surface area contributed by atoms with Crippen LogP contribution in [0.25, 0.3) is 11.0 Å². The van der Waals surface area contributed by atoms with Gasteiger partial charge in [-0.25, -0.2) is 4.98 Å². The molecule has 1 aliphatic rings. The maximum Gasteiger partial charge on any atom is 0.113 e. The highest BCUT2D eigenvalue weighted by Gasteiger charge is 2.29. The van der Waals surface area contributed by atoms with Gasteiger partial charge in [-0.1, -0.05) is 0 Å². The summed E-state index contributed by atoms with van der Waals surface area (Å²) in [7, 11) is 1.99. The lowest BCUT2D eigenvalue weighted by atomic mass is 10.2. The van der Waals surface area contributed by atoms with Crippen LogP contribution in [0, 0.1) is 0 Å². The Morgan fingerprint density at radius 3 is 2.86 bits per heavy atom. The Labute approximate surface area is 123 Å². The average molecular weight is 281 g/mol. The lowest BCUT2D eigenvalue weighted by Crippen LogP contribution is -2.08. The van der Waals surface area contributed by atoms with Gasteiger partial charge in [0.05, 0.1) is 11.0 Å². The molecule has 0 unspecified atom stereocenters. The Hall–Kier alpha value is -2.30. The fourth-order valence-corrected chi connectivity index (χ4v) is 2.93. The minimum Gasteiger partial charge on any atom is -0.399 e. The molecule has 2 N–H and O–H groups in total. The number of fused-ring (bicyclic) bond motifs is 1. The van der Waals surface area contributed by atoms with Crippen LogP contribution in [0.15, 0.2) is 30.5 Å². The summed E-state index contributed by atoms with van der Waals surface area (Å²) in [5, 5.41) is 4.24. The summed E-state index contributed by atoms with van der Waals surface area (Å²) in [6.07, 6.45) is 5.32. The lowest BCUT2D eigenvalue weighted by molar-refractivity contribution is 0.625. The van der Waals surface area contributed by atoms with Crippen molar-refractivity contribution in [1.29, 1.82) is 0 Å². The predicted molar refractivity (Wildman–Crippen MR) is 83.0 cm³/mol. The van der Waals surface area contributed by atoms with Gasteiger partial charge in [0.1, 0.15) is 5.82 Å². The lowest BCUT2D eigenvalue weighted by Gasteiger charge is -2.09. The highest BCUT2D eigenvalue weighted by Crippen LogP contribution is 2.40. The summed E-state index contributed by atoms with van der Waals surface area (Å²) in [6, 6.07) is 8.10. The van der Waals surface area contributed by atoms with Crippen LogP contribution in [0.4, 0.5) is 5.69 Å². The van der Waals surface area contributed by atoms with Crippen molar-refractivity contribution in [3.8, 4) is 0 Å². The van der Waals surface area contributed by atoms with Crippen LogP contribution < -0.4 is 5.73 Å². The van der Waals surface area contributed by atoms with Crippen LogP contribution in [0.3, 0.4) is 0 Å². The van der Waals surface area contributed by atoms with Crippen molar-refractivity contribution in [3.05, 3.63) is 42.0 Å². The fourth-order valence-electron chi connectivity index (χ4n) is 2.93. The second-order valence-electron chi connectivity index (χ2n) is 5.84. The molecule has 1 fully saturated rings. The van der Waals surface area contributed by atoms with E-state index in [1.165, 1.54) is 29.9 Å². The zero-order valence-corrected chi connectivity index (χ0v) is 12.2. The molecule has 0 spiro atoms. The Balaban J connectivity index is 1.72. The smallest absolute Gasteiger partial charge is 0.113 e. The van der Waals surface area contributed by atoms with Gasteiger partial charge in [0, 0.05) is 43.5 Å². The molecule has 2 heterocycles. The molecule has 0 saturated heterocycles. The molecular weight excluding hydrogens is 262 g/mol. The van der Waals surface area contributed by atoms with Crippen molar-refractivity contribution < 1.29 is 0 Å². The van der Waals surface area contributed by atoms with E-state index in [1.807, 2.05) is 30.1 Å². The van der Waals surface area contributed by atoms with E-state index in [-0.39, 0.29) is 0 Å². The molecule has 1 saturated carbocycles. The summed E-state index contributed by atoms with van der Waals surface area (Å²) in [5.74, 6) is 1.85. The number of aromatic nitrogens is 4. The quantitative estimate of drug-likeness (QED) is 0.747. The highest BCUT2D eigenvalue weighted by molar-refractivity contribution is 5.79. The van der Waals surface area contributed by atoms with Crippen LogP contribution in [-0.4, -0.2) is 19.3 Å². The van der Waals surface area contributed by atoms with E-state index in [1.54, 1.807) is 0 Å². The molecule has 1 aliphatic carbocycles. The van der Waals surface area contributed by atoms with Crippen molar-refractivity contribution in [2.24, 2.45) is 7.05 Å². The van der Waals surface area contributed by atoms with Crippen molar-refractivity contribution in [2.45, 2.75) is 31.7 Å². The van der Waals surface area contributed by atoms with E-state index in [2.05, 4.69) is 21.8 Å². The number of hydrogen-bond acceptors (Lipinski definition) is 3. The molecule has 5 nitrogen and oxygen atoms in total. The van der Waals surface area contributed by atoms with Gasteiger partial charge < -0.3 is 10.3 Å². The Bertz CT molecular complexity index is 794. The molecule has 0 atom stereocenters. The van der Waals surface area contributed by atoms with Gasteiger partial charge in [0.2, 0.25) is 0 Å². The van der Waals surface area contributed by atoms with E-state index in [0.717, 1.165) is 24.2 Å². The number of rotatable bonds is 4. The second kappa shape index (κ2) is 4.62. The molecule has 0 radical (unpaired) electrons. The Kier molecular flexibility index (Phi) is 2.74. The largest absolute Gasteiger partial charge is 0.399 e. The first-order valence-electron chi connectivity index (χ1n) is 7.45. The monoisotopic (exact) mass is 281 g/mol. The number of imidazole rings is 1. The van der Waals surface area contributed by atoms with Gasteiger partial charge in [-0.15, -0.1) is 0 Å². The van der Waals surface area contributed by atoms with Crippen LogP contribution in [0.2, 0.25) is 0 Å². The van der Waals surface area contributed by atoms with E-state index in [4.69, 9.17) is 10.7 Å². The molecule has 21 heavy (non-hydrogen) atoms. The van der Waals surface area contributed by atoms with Gasteiger partial charge in [0.15, 0.2) is 0 Å². The van der Waals surface area contributed by atoms with Gasteiger partial charge in [0.25, 0.3) is 0 Å². The minimum atomic E-state index is 0.630. The summed E-state index contributed by atoms with van der Waals surface area (Å²) >= 11 is 0. The van der Waals surface area contributed by atoms with Gasteiger partial charge in [-0.2, -0.15) is 5.10 Å². The van der Waals surface area contributed by atoms with Crippen molar-refractivity contribution >= 4 is 16.7 Å². The standard InChI is InChI=1S/C16H19N5/c1-20-13(6-8-18-20)7-9-21-15-5-4-12(17)10-14(15)19-16(21)11-2-3-11/h4-6,8,10-11H,2-3,7,9,17H2,1H3. The molecule has 5 heteroatoms. The summed E-state index contributed by atoms with van der Waals surface area (Å²) in [6.45, 7) is 0.936. The zero-order chi connectivity index (χ0) is 14.4. The number of nitrogens with two attached hydrogens (primary N) is 1. The molecule has 0 bridgehead atoms. The molecule has 0 amide bonds. The van der Waals surface area contributed by atoms with Crippen LogP contribution in [-0.2, 0) is 20.0 Å². The molecule has 4 rings (SSSR count). The van der Waals surface area contributed by atoms with E-state index in [9.17, 15) is 0 Å². The molecule has 108 valence electrons. The SMILES string of the molecule is Cn1nccc1CCn1c(C2CC2)nc2cc(N)ccc21. The first-order valence-corrected chi connectivity index (χ1v) is 7.45. The van der Waals surface area contributed by atoms with Crippen molar-refractivity contribution in [2.75, 3.05) is 5.73 Å². The Morgan fingerprint density at radius 2 is 2.14 bits per heavy atom. The minimum absolute atomic E-state index is 0.630. The maximum atomic E-state index is 5.89. The predicted octanol–water partition coefficient (Wildman–Crippen LogP) is 2.47. The van der Waals surface area contributed by atoms with Crippen molar-refractivity contribution in [1.82, 2.24) is 19.3 Å². The van der Waals surface area contributed by atoms with Gasteiger partial charge in [-0.05, 0) is 37.1 Å². The van der Waals surface area contributed by atoms with Crippen LogP contribution in [0.1, 0.15) is 30.3 Å². The average Bonchev–Trinajstić information content (AvgIpc) is 3.14.